The molecule has 10 heteroatoms. The standard InChI is InChI=1S/C14H11N7O3/c1-9-10(3-2-4-11(9)21(23)24)14(22)19-12-5-13(17-7-16-12)20-8-15-6-18-20/h2-8H,1H3,(H,16,17,19,22). The van der Waals surface area contributed by atoms with Crippen LogP contribution in [0.5, 0.6) is 0 Å². The molecule has 2 aromatic heterocycles. The number of nitro groups is 1. The van der Waals surface area contributed by atoms with Crippen LogP contribution in [0, 0.1) is 17.0 Å². The van der Waals surface area contributed by atoms with Gasteiger partial charge in [-0.15, -0.1) is 0 Å². The molecule has 0 aliphatic heterocycles. The predicted molar refractivity (Wildman–Crippen MR) is 82.7 cm³/mol. The second kappa shape index (κ2) is 6.20. The fraction of sp³-hybridized carbons (Fsp3) is 0.0714. The minimum atomic E-state index is -0.528. The Morgan fingerprint density at radius 2 is 2.12 bits per heavy atom. The highest BCUT2D eigenvalue weighted by molar-refractivity contribution is 6.05. The quantitative estimate of drug-likeness (QED) is 0.568. The molecule has 0 aliphatic carbocycles. The summed E-state index contributed by atoms with van der Waals surface area (Å²) in [5.74, 6) is 0.166. The zero-order valence-corrected chi connectivity index (χ0v) is 12.4. The third-order valence-electron chi connectivity index (χ3n) is 3.29. The van der Waals surface area contributed by atoms with Crippen molar-refractivity contribution in [1.29, 1.82) is 0 Å². The summed E-state index contributed by atoms with van der Waals surface area (Å²) in [4.78, 5) is 34.6. The maximum atomic E-state index is 12.4. The largest absolute Gasteiger partial charge is 0.306 e. The molecule has 2 heterocycles. The molecule has 0 spiro atoms. The van der Waals surface area contributed by atoms with Gasteiger partial charge in [-0.05, 0) is 13.0 Å². The number of rotatable bonds is 4. The molecule has 1 aromatic carbocycles. The molecule has 24 heavy (non-hydrogen) atoms. The number of nitrogens with zero attached hydrogens (tertiary/aromatic N) is 6. The number of amides is 1. The number of anilines is 1. The average molecular weight is 325 g/mol. The number of aromatic nitrogens is 5. The monoisotopic (exact) mass is 325 g/mol. The van der Waals surface area contributed by atoms with Crippen LogP contribution in [0.4, 0.5) is 11.5 Å². The zero-order chi connectivity index (χ0) is 17.1. The maximum absolute atomic E-state index is 12.4. The zero-order valence-electron chi connectivity index (χ0n) is 12.4. The highest BCUT2D eigenvalue weighted by Gasteiger charge is 2.18. The van der Waals surface area contributed by atoms with Gasteiger partial charge < -0.3 is 5.32 Å². The molecule has 1 amide bonds. The number of nitrogens with one attached hydrogen (secondary N) is 1. The second-order valence-corrected chi connectivity index (χ2v) is 4.76. The molecule has 1 N–H and O–H groups in total. The van der Waals surface area contributed by atoms with Gasteiger partial charge in [0.25, 0.3) is 11.6 Å². The van der Waals surface area contributed by atoms with Crippen molar-refractivity contribution in [2.24, 2.45) is 0 Å². The van der Waals surface area contributed by atoms with Crippen molar-refractivity contribution >= 4 is 17.4 Å². The van der Waals surface area contributed by atoms with Gasteiger partial charge in [-0.1, -0.05) is 6.07 Å². The molecule has 0 saturated carbocycles. The van der Waals surface area contributed by atoms with Crippen molar-refractivity contribution in [3.63, 3.8) is 0 Å². The molecule has 0 aliphatic rings. The Bertz CT molecular complexity index is 908. The minimum Gasteiger partial charge on any atom is -0.306 e. The lowest BCUT2D eigenvalue weighted by Crippen LogP contribution is -2.15. The summed E-state index contributed by atoms with van der Waals surface area (Å²) in [6.45, 7) is 1.52. The summed E-state index contributed by atoms with van der Waals surface area (Å²) in [6.07, 6.45) is 4.08. The Balaban J connectivity index is 1.87. The van der Waals surface area contributed by atoms with E-state index in [0.717, 1.165) is 0 Å². The summed E-state index contributed by atoms with van der Waals surface area (Å²) in [6, 6.07) is 5.83. The molecule has 10 nitrogen and oxygen atoms in total. The molecule has 0 atom stereocenters. The van der Waals surface area contributed by atoms with Crippen molar-refractivity contribution in [2.45, 2.75) is 6.92 Å². The van der Waals surface area contributed by atoms with Crippen LogP contribution in [0.3, 0.4) is 0 Å². The van der Waals surface area contributed by atoms with Gasteiger partial charge in [0.2, 0.25) is 0 Å². The Kier molecular flexibility index (Phi) is 3.93. The number of carbonyl (C=O) groups excluding carboxylic acids is 1. The van der Waals surface area contributed by atoms with Crippen molar-refractivity contribution in [1.82, 2.24) is 24.7 Å². The first-order valence-electron chi connectivity index (χ1n) is 6.78. The number of carbonyl (C=O) groups is 1. The first-order chi connectivity index (χ1) is 11.6. The maximum Gasteiger partial charge on any atom is 0.273 e. The van der Waals surface area contributed by atoms with E-state index in [1.165, 1.54) is 54.9 Å². The van der Waals surface area contributed by atoms with E-state index in [9.17, 15) is 14.9 Å². The van der Waals surface area contributed by atoms with Gasteiger partial charge in [0.1, 0.15) is 24.8 Å². The summed E-state index contributed by atoms with van der Waals surface area (Å²) >= 11 is 0. The first kappa shape index (κ1) is 15.2. The third kappa shape index (κ3) is 2.92. The van der Waals surface area contributed by atoms with E-state index in [1.807, 2.05) is 0 Å². The highest BCUT2D eigenvalue weighted by atomic mass is 16.6. The predicted octanol–water partition coefficient (Wildman–Crippen LogP) is 1.53. The van der Waals surface area contributed by atoms with E-state index in [-0.39, 0.29) is 22.6 Å². The first-order valence-corrected chi connectivity index (χ1v) is 6.78. The van der Waals surface area contributed by atoms with Crippen LogP contribution < -0.4 is 5.32 Å². The van der Waals surface area contributed by atoms with Gasteiger partial charge in [0.05, 0.1) is 4.92 Å². The lowest BCUT2D eigenvalue weighted by molar-refractivity contribution is -0.385. The molecule has 0 bridgehead atoms. The van der Waals surface area contributed by atoms with E-state index in [0.29, 0.717) is 5.82 Å². The summed E-state index contributed by atoms with van der Waals surface area (Å²) in [7, 11) is 0. The molecule has 3 aromatic rings. The highest BCUT2D eigenvalue weighted by Crippen LogP contribution is 2.22. The van der Waals surface area contributed by atoms with E-state index < -0.39 is 10.8 Å². The van der Waals surface area contributed by atoms with Gasteiger partial charge in [-0.25, -0.2) is 19.6 Å². The summed E-state index contributed by atoms with van der Waals surface area (Å²) < 4.78 is 1.41. The summed E-state index contributed by atoms with van der Waals surface area (Å²) in [5.41, 5.74) is 0.365. The average Bonchev–Trinajstić information content (AvgIpc) is 3.09. The van der Waals surface area contributed by atoms with Crippen molar-refractivity contribution in [3.8, 4) is 5.82 Å². The number of hydrogen-bond donors (Lipinski definition) is 1. The third-order valence-corrected chi connectivity index (χ3v) is 3.29. The molecule has 120 valence electrons. The molecule has 0 radical (unpaired) electrons. The Labute approximate surface area is 135 Å². The fourth-order valence-electron chi connectivity index (χ4n) is 2.12. The van der Waals surface area contributed by atoms with Crippen LogP contribution in [0.25, 0.3) is 5.82 Å². The smallest absolute Gasteiger partial charge is 0.273 e. The number of benzene rings is 1. The van der Waals surface area contributed by atoms with Crippen molar-refractivity contribution in [2.75, 3.05) is 5.32 Å². The van der Waals surface area contributed by atoms with Crippen molar-refractivity contribution < 1.29 is 9.72 Å². The molecular formula is C14H11N7O3. The number of hydrogen-bond acceptors (Lipinski definition) is 7. The SMILES string of the molecule is Cc1c(C(=O)Nc2cc(-n3cncn3)ncn2)cccc1[N+](=O)[O-]. The molecule has 0 fully saturated rings. The fourth-order valence-corrected chi connectivity index (χ4v) is 2.12. The normalized spacial score (nSPS) is 10.4. The lowest BCUT2D eigenvalue weighted by atomic mass is 10.1. The van der Waals surface area contributed by atoms with E-state index in [4.69, 9.17) is 0 Å². The molecule has 0 saturated heterocycles. The topological polar surface area (TPSA) is 129 Å². The van der Waals surface area contributed by atoms with Crippen LogP contribution in [-0.2, 0) is 0 Å². The minimum absolute atomic E-state index is 0.117. The number of nitro benzene ring substituents is 1. The molecular weight excluding hydrogens is 314 g/mol. The Hall–Kier alpha value is -3.69. The van der Waals surface area contributed by atoms with Crippen LogP contribution in [0.1, 0.15) is 15.9 Å². The van der Waals surface area contributed by atoms with Crippen molar-refractivity contribution in [3.05, 3.63) is 64.5 Å². The van der Waals surface area contributed by atoms with Crippen LogP contribution in [0.2, 0.25) is 0 Å². The Morgan fingerprint density at radius 1 is 1.29 bits per heavy atom. The van der Waals surface area contributed by atoms with Gasteiger partial charge in [0.15, 0.2) is 5.82 Å². The van der Waals surface area contributed by atoms with Gasteiger partial charge in [0, 0.05) is 23.3 Å². The lowest BCUT2D eigenvalue weighted by Gasteiger charge is -2.08. The second-order valence-electron chi connectivity index (χ2n) is 4.76. The van der Waals surface area contributed by atoms with E-state index in [2.05, 4.69) is 25.4 Å². The Morgan fingerprint density at radius 3 is 2.83 bits per heavy atom. The summed E-state index contributed by atoms with van der Waals surface area (Å²) in [5, 5.41) is 17.5. The van der Waals surface area contributed by atoms with Crippen LogP contribution in [-0.4, -0.2) is 35.6 Å². The van der Waals surface area contributed by atoms with Crippen LogP contribution in [0.15, 0.2) is 43.2 Å². The van der Waals surface area contributed by atoms with E-state index >= 15 is 0 Å². The van der Waals surface area contributed by atoms with Crippen LogP contribution >= 0.6 is 0 Å². The van der Waals surface area contributed by atoms with E-state index in [1.54, 1.807) is 0 Å². The van der Waals surface area contributed by atoms with Gasteiger partial charge in [-0.2, -0.15) is 5.10 Å². The van der Waals surface area contributed by atoms with Gasteiger partial charge in [-0.3, -0.25) is 14.9 Å². The molecule has 3 rings (SSSR count). The molecule has 0 unspecified atom stereocenters. The van der Waals surface area contributed by atoms with Gasteiger partial charge >= 0.3 is 0 Å².